The molecule has 1 N–H and O–H groups in total. The zero-order chi connectivity index (χ0) is 22.9. The first-order chi connectivity index (χ1) is 15.4. The van der Waals surface area contributed by atoms with Gasteiger partial charge in [0.05, 0.1) is 35.1 Å². The molecular weight excluding hydrogens is 424 g/mol. The van der Waals surface area contributed by atoms with E-state index in [2.05, 4.69) is 6.07 Å². The molecule has 2 atom stereocenters. The first kappa shape index (κ1) is 22.3. The number of carbonyl (C=O) groups excluding carboxylic acids is 1. The molecule has 0 aromatic heterocycles. The van der Waals surface area contributed by atoms with Gasteiger partial charge in [0.15, 0.2) is 5.72 Å². The van der Waals surface area contributed by atoms with Gasteiger partial charge in [-0.25, -0.2) is 0 Å². The van der Waals surface area contributed by atoms with E-state index in [0.717, 1.165) is 11.3 Å². The summed E-state index contributed by atoms with van der Waals surface area (Å²) in [7, 11) is 0. The van der Waals surface area contributed by atoms with Gasteiger partial charge in [-0.1, -0.05) is 24.3 Å². The smallest absolute Gasteiger partial charge is 0.231 e. The molecule has 0 spiro atoms. The van der Waals surface area contributed by atoms with E-state index < -0.39 is 5.72 Å². The SMILES string of the molecule is CCOc1ccc(C2(O)CSC3=C(C#N)C(c4ccc(OC(C)C)cc4)CC(=O)N32)cc1. The second-order valence-electron chi connectivity index (χ2n) is 8.11. The number of ether oxygens (including phenoxy) is 2. The number of nitrogens with zero attached hydrogens (tertiary/aromatic N) is 2. The number of rotatable bonds is 6. The fraction of sp³-hybridized carbons (Fsp3) is 0.360. The summed E-state index contributed by atoms with van der Waals surface area (Å²) in [5.41, 5.74) is 0.496. The molecule has 6 nitrogen and oxygen atoms in total. The van der Waals surface area contributed by atoms with E-state index in [4.69, 9.17) is 9.47 Å². The topological polar surface area (TPSA) is 82.8 Å². The lowest BCUT2D eigenvalue weighted by Crippen LogP contribution is -2.48. The van der Waals surface area contributed by atoms with Gasteiger partial charge in [0.1, 0.15) is 11.5 Å². The fourth-order valence-corrected chi connectivity index (χ4v) is 5.52. The molecule has 1 saturated heterocycles. The standard InChI is InChI=1S/C25H26N2O4S/c1-4-30-19-11-7-18(8-12-19)25(29)15-32-24-22(14-26)21(13-23(28)27(24)25)17-5-9-20(10-6-17)31-16(2)3/h5-12,16,21,29H,4,13,15H2,1-3H3. The van der Waals surface area contributed by atoms with Gasteiger partial charge in [-0.2, -0.15) is 5.26 Å². The number of amides is 1. The van der Waals surface area contributed by atoms with E-state index in [-0.39, 0.29) is 30.1 Å². The highest BCUT2D eigenvalue weighted by Gasteiger charge is 2.51. The third-order valence-electron chi connectivity index (χ3n) is 5.59. The second kappa shape index (κ2) is 8.89. The Morgan fingerprint density at radius 2 is 1.84 bits per heavy atom. The van der Waals surface area contributed by atoms with Gasteiger partial charge < -0.3 is 14.6 Å². The van der Waals surface area contributed by atoms with Crippen molar-refractivity contribution in [2.24, 2.45) is 0 Å². The minimum Gasteiger partial charge on any atom is -0.494 e. The molecule has 166 valence electrons. The van der Waals surface area contributed by atoms with E-state index >= 15 is 0 Å². The molecule has 2 aliphatic rings. The van der Waals surface area contributed by atoms with Gasteiger partial charge >= 0.3 is 0 Å². The summed E-state index contributed by atoms with van der Waals surface area (Å²) >= 11 is 1.35. The van der Waals surface area contributed by atoms with Crippen molar-refractivity contribution in [1.29, 1.82) is 5.26 Å². The number of aliphatic hydroxyl groups is 1. The van der Waals surface area contributed by atoms with Crippen LogP contribution in [-0.2, 0) is 10.5 Å². The molecule has 32 heavy (non-hydrogen) atoms. The summed E-state index contributed by atoms with van der Waals surface area (Å²) in [6.45, 7) is 6.38. The van der Waals surface area contributed by atoms with Crippen LogP contribution in [0.1, 0.15) is 44.2 Å². The molecule has 7 heteroatoms. The zero-order valence-corrected chi connectivity index (χ0v) is 19.2. The number of carbonyl (C=O) groups is 1. The summed E-state index contributed by atoms with van der Waals surface area (Å²) in [5.74, 6) is 1.17. The number of allylic oxidation sites excluding steroid dienone is 1. The summed E-state index contributed by atoms with van der Waals surface area (Å²) in [6, 6.07) is 17.0. The van der Waals surface area contributed by atoms with Gasteiger partial charge in [-0.05, 0) is 50.6 Å². The van der Waals surface area contributed by atoms with Crippen LogP contribution in [0.25, 0.3) is 0 Å². The van der Waals surface area contributed by atoms with Crippen LogP contribution in [-0.4, -0.2) is 34.4 Å². The van der Waals surface area contributed by atoms with Crippen LogP contribution in [0.4, 0.5) is 0 Å². The van der Waals surface area contributed by atoms with E-state index in [1.807, 2.05) is 45.0 Å². The van der Waals surface area contributed by atoms with Crippen molar-refractivity contribution in [2.45, 2.75) is 44.9 Å². The molecule has 2 aromatic carbocycles. The molecule has 2 heterocycles. The Kier molecular flexibility index (Phi) is 6.18. The third-order valence-corrected chi connectivity index (χ3v) is 6.82. The summed E-state index contributed by atoms with van der Waals surface area (Å²) in [6.07, 6.45) is 0.189. The fourth-order valence-electron chi connectivity index (χ4n) is 4.16. The van der Waals surface area contributed by atoms with Gasteiger partial charge in [-0.15, -0.1) is 11.8 Å². The van der Waals surface area contributed by atoms with Crippen LogP contribution >= 0.6 is 11.8 Å². The van der Waals surface area contributed by atoms with Crippen molar-refractivity contribution in [3.63, 3.8) is 0 Å². The van der Waals surface area contributed by atoms with Crippen molar-refractivity contribution in [1.82, 2.24) is 4.90 Å². The number of fused-ring (bicyclic) bond motifs is 1. The Bertz CT molecular complexity index is 1070. The van der Waals surface area contributed by atoms with Crippen LogP contribution in [0.2, 0.25) is 0 Å². The highest BCUT2D eigenvalue weighted by molar-refractivity contribution is 8.03. The largest absolute Gasteiger partial charge is 0.494 e. The maximum Gasteiger partial charge on any atom is 0.231 e. The molecule has 1 fully saturated rings. The third kappa shape index (κ3) is 3.96. The van der Waals surface area contributed by atoms with Gasteiger partial charge in [0.25, 0.3) is 0 Å². The van der Waals surface area contributed by atoms with Crippen molar-refractivity contribution < 1.29 is 19.4 Å². The molecule has 0 radical (unpaired) electrons. The van der Waals surface area contributed by atoms with Gasteiger partial charge in [-0.3, -0.25) is 9.69 Å². The Labute approximate surface area is 192 Å². The number of nitriles is 1. The average Bonchev–Trinajstić information content (AvgIpc) is 3.14. The lowest BCUT2D eigenvalue weighted by molar-refractivity contribution is -0.149. The minimum absolute atomic E-state index is 0.0672. The first-order valence-electron chi connectivity index (χ1n) is 10.7. The van der Waals surface area contributed by atoms with Crippen LogP contribution in [0.3, 0.4) is 0 Å². The quantitative estimate of drug-likeness (QED) is 0.697. The molecule has 0 saturated carbocycles. The van der Waals surface area contributed by atoms with Crippen LogP contribution in [0.15, 0.2) is 59.1 Å². The van der Waals surface area contributed by atoms with Crippen molar-refractivity contribution >= 4 is 17.7 Å². The van der Waals surface area contributed by atoms with Crippen molar-refractivity contribution in [2.75, 3.05) is 12.4 Å². The highest BCUT2D eigenvalue weighted by Crippen LogP contribution is 2.51. The first-order valence-corrected chi connectivity index (χ1v) is 11.7. The maximum absolute atomic E-state index is 13.3. The van der Waals surface area contributed by atoms with Gasteiger partial charge in [0.2, 0.25) is 5.91 Å². The van der Waals surface area contributed by atoms with Crippen LogP contribution in [0.5, 0.6) is 11.5 Å². The Morgan fingerprint density at radius 3 is 2.44 bits per heavy atom. The molecule has 2 aromatic rings. The Hall–Kier alpha value is -2.95. The van der Waals surface area contributed by atoms with Crippen LogP contribution < -0.4 is 9.47 Å². The van der Waals surface area contributed by atoms with Crippen molar-refractivity contribution in [3.05, 3.63) is 70.3 Å². The second-order valence-corrected chi connectivity index (χ2v) is 9.08. The molecule has 0 aliphatic carbocycles. The minimum atomic E-state index is -1.50. The molecular formula is C25H26N2O4S. The summed E-state index contributed by atoms with van der Waals surface area (Å²) < 4.78 is 11.2. The Morgan fingerprint density at radius 1 is 1.19 bits per heavy atom. The zero-order valence-electron chi connectivity index (χ0n) is 18.4. The van der Waals surface area contributed by atoms with E-state index in [0.29, 0.717) is 28.5 Å². The average molecular weight is 451 g/mol. The van der Waals surface area contributed by atoms with E-state index in [1.165, 1.54) is 16.7 Å². The normalized spacial score (nSPS) is 22.7. The lowest BCUT2D eigenvalue weighted by atomic mass is 9.85. The number of benzene rings is 2. The number of hydrogen-bond donors (Lipinski definition) is 1. The lowest BCUT2D eigenvalue weighted by Gasteiger charge is -2.38. The molecule has 1 amide bonds. The summed E-state index contributed by atoms with van der Waals surface area (Å²) in [5, 5.41) is 22.0. The molecule has 4 rings (SSSR count). The number of hydrogen-bond acceptors (Lipinski definition) is 6. The molecule has 2 unspecified atom stereocenters. The maximum atomic E-state index is 13.3. The molecule has 2 aliphatic heterocycles. The van der Waals surface area contributed by atoms with Crippen LogP contribution in [0, 0.1) is 11.3 Å². The van der Waals surface area contributed by atoms with Crippen molar-refractivity contribution in [3.8, 4) is 17.6 Å². The van der Waals surface area contributed by atoms with Gasteiger partial charge in [0, 0.05) is 17.9 Å². The van der Waals surface area contributed by atoms with E-state index in [9.17, 15) is 15.2 Å². The molecule has 0 bridgehead atoms. The monoisotopic (exact) mass is 450 g/mol. The predicted octanol–water partition coefficient (Wildman–Crippen LogP) is 4.52. The highest BCUT2D eigenvalue weighted by atomic mass is 32.2. The Balaban J connectivity index is 1.67. The van der Waals surface area contributed by atoms with E-state index in [1.54, 1.807) is 24.3 Å². The predicted molar refractivity (Wildman–Crippen MR) is 123 cm³/mol. The number of thioether (sulfide) groups is 1. The summed E-state index contributed by atoms with van der Waals surface area (Å²) in [4.78, 5) is 14.7.